The standard InChI is InChI=1S/C14H21N3O5/c1-4-21-8(2)12-15-11(22-16-12)7-17(3)13(18)9-5-6-10(9)14(19)20/h8-10H,4-7H2,1-3H3,(H,19,20). The van der Waals surface area contributed by atoms with Crippen LogP contribution in [-0.4, -0.2) is 45.7 Å². The predicted octanol–water partition coefficient (Wildman–Crippen LogP) is 1.24. The maximum absolute atomic E-state index is 12.2. The number of carbonyl (C=O) groups is 2. The van der Waals surface area contributed by atoms with E-state index in [0.717, 1.165) is 0 Å². The Kier molecular flexibility index (Phi) is 5.12. The van der Waals surface area contributed by atoms with Crippen LogP contribution < -0.4 is 0 Å². The van der Waals surface area contributed by atoms with Crippen LogP contribution in [-0.2, 0) is 20.9 Å². The van der Waals surface area contributed by atoms with Crippen LogP contribution in [0.1, 0.15) is 44.5 Å². The minimum atomic E-state index is -0.913. The lowest BCUT2D eigenvalue weighted by molar-refractivity contribution is -0.156. The minimum Gasteiger partial charge on any atom is -0.481 e. The molecule has 0 aliphatic heterocycles. The average molecular weight is 311 g/mol. The molecule has 22 heavy (non-hydrogen) atoms. The molecule has 0 spiro atoms. The Bertz CT molecular complexity index is 544. The minimum absolute atomic E-state index is 0.160. The molecule has 0 aromatic carbocycles. The van der Waals surface area contributed by atoms with Crippen LogP contribution in [0.5, 0.6) is 0 Å². The normalized spacial score (nSPS) is 22.0. The fraction of sp³-hybridized carbons (Fsp3) is 0.714. The molecular formula is C14H21N3O5. The van der Waals surface area contributed by atoms with Crippen LogP contribution in [0.4, 0.5) is 0 Å². The molecule has 1 aliphatic rings. The summed E-state index contributed by atoms with van der Waals surface area (Å²) in [5, 5.41) is 12.8. The molecule has 122 valence electrons. The summed E-state index contributed by atoms with van der Waals surface area (Å²) in [5.41, 5.74) is 0. The summed E-state index contributed by atoms with van der Waals surface area (Å²) in [6, 6.07) is 0. The first-order chi connectivity index (χ1) is 10.4. The van der Waals surface area contributed by atoms with E-state index in [1.807, 2.05) is 13.8 Å². The molecule has 0 saturated heterocycles. The van der Waals surface area contributed by atoms with Gasteiger partial charge in [-0.2, -0.15) is 4.98 Å². The van der Waals surface area contributed by atoms with Gasteiger partial charge in [0.25, 0.3) is 0 Å². The first kappa shape index (κ1) is 16.4. The van der Waals surface area contributed by atoms with E-state index in [4.69, 9.17) is 14.4 Å². The van der Waals surface area contributed by atoms with Crippen molar-refractivity contribution in [2.75, 3.05) is 13.7 Å². The lowest BCUT2D eigenvalue weighted by Crippen LogP contribution is -2.44. The highest BCUT2D eigenvalue weighted by atomic mass is 16.5. The second-order valence-electron chi connectivity index (χ2n) is 5.47. The van der Waals surface area contributed by atoms with Gasteiger partial charge in [-0.3, -0.25) is 9.59 Å². The van der Waals surface area contributed by atoms with Gasteiger partial charge in [-0.15, -0.1) is 0 Å². The van der Waals surface area contributed by atoms with Gasteiger partial charge in [0.15, 0.2) is 5.82 Å². The molecule has 3 unspecified atom stereocenters. The van der Waals surface area contributed by atoms with Crippen molar-refractivity contribution in [1.82, 2.24) is 15.0 Å². The molecule has 8 heteroatoms. The zero-order valence-electron chi connectivity index (χ0n) is 13.0. The van der Waals surface area contributed by atoms with Crippen molar-refractivity contribution in [3.8, 4) is 0 Å². The van der Waals surface area contributed by atoms with Crippen LogP contribution in [0.3, 0.4) is 0 Å². The van der Waals surface area contributed by atoms with Gasteiger partial charge in [-0.25, -0.2) is 0 Å². The van der Waals surface area contributed by atoms with Crippen LogP contribution >= 0.6 is 0 Å². The molecule has 1 amide bonds. The van der Waals surface area contributed by atoms with Crippen LogP contribution in [0.2, 0.25) is 0 Å². The van der Waals surface area contributed by atoms with Crippen LogP contribution in [0.25, 0.3) is 0 Å². The molecule has 1 aromatic rings. The Morgan fingerprint density at radius 1 is 1.45 bits per heavy atom. The highest BCUT2D eigenvalue weighted by Crippen LogP contribution is 2.35. The monoisotopic (exact) mass is 311 g/mol. The van der Waals surface area contributed by atoms with Crippen LogP contribution in [0, 0.1) is 11.8 Å². The summed E-state index contributed by atoms with van der Waals surface area (Å²) in [5.74, 6) is -1.40. The first-order valence-corrected chi connectivity index (χ1v) is 7.35. The molecule has 2 rings (SSSR count). The third-order valence-corrected chi connectivity index (χ3v) is 3.92. The summed E-state index contributed by atoms with van der Waals surface area (Å²) in [6.07, 6.45) is 0.888. The van der Waals surface area contributed by atoms with Crippen molar-refractivity contribution >= 4 is 11.9 Å². The molecule has 1 aromatic heterocycles. The summed E-state index contributed by atoms with van der Waals surface area (Å²) >= 11 is 0. The first-order valence-electron chi connectivity index (χ1n) is 7.35. The van der Waals surface area contributed by atoms with E-state index in [1.54, 1.807) is 7.05 Å². The number of hydrogen-bond acceptors (Lipinski definition) is 6. The maximum Gasteiger partial charge on any atom is 0.307 e. The van der Waals surface area contributed by atoms with E-state index >= 15 is 0 Å². The molecular weight excluding hydrogens is 290 g/mol. The molecule has 3 atom stereocenters. The molecule has 1 heterocycles. The number of hydrogen-bond donors (Lipinski definition) is 1. The van der Waals surface area contributed by atoms with Gasteiger partial charge in [-0.05, 0) is 26.7 Å². The second-order valence-corrected chi connectivity index (χ2v) is 5.47. The number of nitrogens with zero attached hydrogens (tertiary/aromatic N) is 3. The number of aromatic nitrogens is 2. The number of carboxylic acids is 1. The van der Waals surface area contributed by atoms with Gasteiger partial charge in [-0.1, -0.05) is 5.16 Å². The van der Waals surface area contributed by atoms with E-state index in [1.165, 1.54) is 4.90 Å². The highest BCUT2D eigenvalue weighted by Gasteiger charge is 2.42. The van der Waals surface area contributed by atoms with Gasteiger partial charge in [0.1, 0.15) is 6.10 Å². The van der Waals surface area contributed by atoms with Crippen molar-refractivity contribution in [2.45, 2.75) is 39.3 Å². The van der Waals surface area contributed by atoms with E-state index in [2.05, 4.69) is 10.1 Å². The Morgan fingerprint density at radius 3 is 2.68 bits per heavy atom. The number of ether oxygens (including phenoxy) is 1. The number of rotatable bonds is 7. The highest BCUT2D eigenvalue weighted by molar-refractivity contribution is 5.86. The maximum atomic E-state index is 12.2. The van der Waals surface area contributed by atoms with Crippen LogP contribution in [0.15, 0.2) is 4.52 Å². The van der Waals surface area contributed by atoms with E-state index in [9.17, 15) is 9.59 Å². The van der Waals surface area contributed by atoms with E-state index < -0.39 is 17.8 Å². The Labute approximate surface area is 128 Å². The number of amides is 1. The topological polar surface area (TPSA) is 106 Å². The van der Waals surface area contributed by atoms with Gasteiger partial charge in [0.2, 0.25) is 11.8 Å². The molecule has 1 fully saturated rings. The SMILES string of the molecule is CCOC(C)c1noc(CN(C)C(=O)C2CCC2C(=O)O)n1. The van der Waals surface area contributed by atoms with Gasteiger partial charge in [0.05, 0.1) is 18.4 Å². The second kappa shape index (κ2) is 6.87. The fourth-order valence-corrected chi connectivity index (χ4v) is 2.48. The van der Waals surface area contributed by atoms with E-state index in [-0.39, 0.29) is 18.6 Å². The lowest BCUT2D eigenvalue weighted by Gasteiger charge is -2.34. The van der Waals surface area contributed by atoms with E-state index in [0.29, 0.717) is 31.2 Å². The molecule has 1 saturated carbocycles. The zero-order valence-corrected chi connectivity index (χ0v) is 13.0. The average Bonchev–Trinajstić information content (AvgIpc) is 2.85. The van der Waals surface area contributed by atoms with Crippen molar-refractivity contribution in [3.63, 3.8) is 0 Å². The van der Waals surface area contributed by atoms with Crippen molar-refractivity contribution in [1.29, 1.82) is 0 Å². The van der Waals surface area contributed by atoms with Gasteiger partial charge in [0, 0.05) is 13.7 Å². The molecule has 8 nitrogen and oxygen atoms in total. The summed E-state index contributed by atoms with van der Waals surface area (Å²) in [4.78, 5) is 28.9. The van der Waals surface area contributed by atoms with Gasteiger partial charge < -0.3 is 19.3 Å². The summed E-state index contributed by atoms with van der Waals surface area (Å²) in [6.45, 7) is 4.40. The smallest absolute Gasteiger partial charge is 0.307 e. The molecule has 1 aliphatic carbocycles. The largest absolute Gasteiger partial charge is 0.481 e. The third-order valence-electron chi connectivity index (χ3n) is 3.92. The Hall–Kier alpha value is -1.96. The number of carboxylic acid groups (broad SMARTS) is 1. The number of carbonyl (C=O) groups excluding carboxylic acids is 1. The molecule has 0 bridgehead atoms. The molecule has 0 radical (unpaired) electrons. The third kappa shape index (κ3) is 3.44. The van der Waals surface area contributed by atoms with Crippen molar-refractivity contribution in [3.05, 3.63) is 11.7 Å². The summed E-state index contributed by atoms with van der Waals surface area (Å²) < 4.78 is 10.5. The fourth-order valence-electron chi connectivity index (χ4n) is 2.48. The lowest BCUT2D eigenvalue weighted by atomic mass is 9.73. The van der Waals surface area contributed by atoms with Gasteiger partial charge >= 0.3 is 5.97 Å². The predicted molar refractivity (Wildman–Crippen MR) is 74.7 cm³/mol. The van der Waals surface area contributed by atoms with Crippen molar-refractivity contribution < 1.29 is 24.0 Å². The van der Waals surface area contributed by atoms with Crippen molar-refractivity contribution in [2.24, 2.45) is 11.8 Å². The zero-order chi connectivity index (χ0) is 16.3. The molecule has 1 N–H and O–H groups in total. The quantitative estimate of drug-likeness (QED) is 0.807. The number of aliphatic carboxylic acids is 1. The summed E-state index contributed by atoms with van der Waals surface area (Å²) in [7, 11) is 1.61. The Morgan fingerprint density at radius 2 is 2.14 bits per heavy atom. The Balaban J connectivity index is 1.93.